The summed E-state index contributed by atoms with van der Waals surface area (Å²) in [5.41, 5.74) is 0.974. The Balaban J connectivity index is 1.39. The highest BCUT2D eigenvalue weighted by Gasteiger charge is 2.35. The van der Waals surface area contributed by atoms with Gasteiger partial charge in [0.2, 0.25) is 5.91 Å². The Hall–Kier alpha value is -1.73. The predicted molar refractivity (Wildman–Crippen MR) is 106 cm³/mol. The van der Waals surface area contributed by atoms with E-state index >= 15 is 0 Å². The molecule has 0 radical (unpaired) electrons. The van der Waals surface area contributed by atoms with Gasteiger partial charge in [0.1, 0.15) is 11.6 Å². The van der Waals surface area contributed by atoms with Crippen LogP contribution in [0.4, 0.5) is 5.82 Å². The summed E-state index contributed by atoms with van der Waals surface area (Å²) in [6.45, 7) is 7.09. The maximum absolute atomic E-state index is 12.5. The standard InChI is InChI=1S/C20H33N5O2/c1-3-4-5-18-24-14(2)12-19(25-18)22-8-9-23-20(26)15-6-7-17-16(13-15)21-10-11-27-17/h12,15-17,21H,3-11,13H2,1-2H3,(H,23,26)(H,22,24,25)/t15-,16+,17+/m0/s1. The highest BCUT2D eigenvalue weighted by atomic mass is 16.5. The Labute approximate surface area is 162 Å². The molecule has 1 saturated carbocycles. The zero-order valence-corrected chi connectivity index (χ0v) is 16.6. The lowest BCUT2D eigenvalue weighted by molar-refractivity contribution is -0.128. The van der Waals surface area contributed by atoms with Gasteiger partial charge >= 0.3 is 0 Å². The molecule has 0 spiro atoms. The van der Waals surface area contributed by atoms with Crippen LogP contribution < -0.4 is 16.0 Å². The first-order chi connectivity index (χ1) is 13.2. The van der Waals surface area contributed by atoms with Crippen LogP contribution in [-0.4, -0.2) is 54.3 Å². The molecular weight excluding hydrogens is 342 g/mol. The number of carbonyl (C=O) groups is 1. The number of aromatic nitrogens is 2. The first-order valence-corrected chi connectivity index (χ1v) is 10.4. The molecule has 2 heterocycles. The van der Waals surface area contributed by atoms with E-state index in [-0.39, 0.29) is 17.9 Å². The molecule has 0 bridgehead atoms. The van der Waals surface area contributed by atoms with Gasteiger partial charge in [0.15, 0.2) is 0 Å². The monoisotopic (exact) mass is 375 g/mol. The number of rotatable bonds is 8. The third kappa shape index (κ3) is 5.87. The van der Waals surface area contributed by atoms with Crippen molar-refractivity contribution in [2.45, 2.75) is 64.5 Å². The first kappa shape index (κ1) is 20.0. The molecular formula is C20H33N5O2. The minimum Gasteiger partial charge on any atom is -0.375 e. The molecule has 27 heavy (non-hydrogen) atoms. The number of anilines is 1. The van der Waals surface area contributed by atoms with Gasteiger partial charge in [-0.1, -0.05) is 13.3 Å². The van der Waals surface area contributed by atoms with Crippen LogP contribution in [0.15, 0.2) is 6.07 Å². The largest absolute Gasteiger partial charge is 0.375 e. The molecule has 2 aliphatic rings. The number of fused-ring (bicyclic) bond motifs is 1. The summed E-state index contributed by atoms with van der Waals surface area (Å²) in [5.74, 6) is 1.97. The maximum Gasteiger partial charge on any atom is 0.223 e. The molecule has 2 fully saturated rings. The van der Waals surface area contributed by atoms with Crippen LogP contribution in [0.5, 0.6) is 0 Å². The maximum atomic E-state index is 12.5. The van der Waals surface area contributed by atoms with E-state index in [2.05, 4.69) is 32.8 Å². The summed E-state index contributed by atoms with van der Waals surface area (Å²) in [7, 11) is 0. The molecule has 1 aliphatic heterocycles. The highest BCUT2D eigenvalue weighted by Crippen LogP contribution is 2.28. The number of ether oxygens (including phenoxy) is 1. The van der Waals surface area contributed by atoms with Gasteiger partial charge in [0.25, 0.3) is 0 Å². The van der Waals surface area contributed by atoms with Crippen molar-refractivity contribution in [3.8, 4) is 0 Å². The lowest BCUT2D eigenvalue weighted by Crippen LogP contribution is -2.53. The Morgan fingerprint density at radius 1 is 1.33 bits per heavy atom. The third-order valence-corrected chi connectivity index (χ3v) is 5.38. The van der Waals surface area contributed by atoms with Crippen LogP contribution in [0, 0.1) is 12.8 Å². The summed E-state index contributed by atoms with van der Waals surface area (Å²) in [4.78, 5) is 21.5. The quantitative estimate of drug-likeness (QED) is 0.601. The molecule has 150 valence electrons. The van der Waals surface area contributed by atoms with Crippen LogP contribution in [0.3, 0.4) is 0 Å². The summed E-state index contributed by atoms with van der Waals surface area (Å²) in [5, 5.41) is 9.86. The van der Waals surface area contributed by atoms with E-state index in [1.165, 1.54) is 0 Å². The van der Waals surface area contributed by atoms with Crippen LogP contribution in [0.25, 0.3) is 0 Å². The van der Waals surface area contributed by atoms with E-state index in [4.69, 9.17) is 4.74 Å². The highest BCUT2D eigenvalue weighted by molar-refractivity contribution is 5.78. The smallest absolute Gasteiger partial charge is 0.223 e. The van der Waals surface area contributed by atoms with Gasteiger partial charge in [-0.2, -0.15) is 0 Å². The van der Waals surface area contributed by atoms with Crippen molar-refractivity contribution < 1.29 is 9.53 Å². The lowest BCUT2D eigenvalue weighted by atomic mass is 9.82. The number of morpholine rings is 1. The number of hydrogen-bond donors (Lipinski definition) is 3. The lowest BCUT2D eigenvalue weighted by Gasteiger charge is -2.39. The second-order valence-corrected chi connectivity index (χ2v) is 7.61. The fourth-order valence-electron chi connectivity index (χ4n) is 3.94. The number of hydrogen-bond acceptors (Lipinski definition) is 6. The number of nitrogens with one attached hydrogen (secondary N) is 3. The number of nitrogens with zero attached hydrogens (tertiary/aromatic N) is 2. The molecule has 1 amide bonds. The number of carbonyl (C=O) groups excluding carboxylic acids is 1. The molecule has 0 aromatic carbocycles. The second-order valence-electron chi connectivity index (χ2n) is 7.61. The Bertz CT molecular complexity index is 624. The molecule has 1 aliphatic carbocycles. The SMILES string of the molecule is CCCCc1nc(C)cc(NCCNC(=O)[C@H]2CC[C@H]3OCCN[C@@H]3C2)n1. The predicted octanol–water partition coefficient (Wildman–Crippen LogP) is 1.81. The van der Waals surface area contributed by atoms with Crippen LogP contribution in [-0.2, 0) is 16.0 Å². The van der Waals surface area contributed by atoms with Crippen LogP contribution in [0.2, 0.25) is 0 Å². The average Bonchev–Trinajstić information content (AvgIpc) is 2.68. The number of unbranched alkanes of at least 4 members (excludes halogenated alkanes) is 1. The topological polar surface area (TPSA) is 88.2 Å². The average molecular weight is 376 g/mol. The molecule has 7 nitrogen and oxygen atoms in total. The molecule has 3 atom stereocenters. The van der Waals surface area contributed by atoms with Crippen LogP contribution >= 0.6 is 0 Å². The van der Waals surface area contributed by atoms with Gasteiger partial charge in [0.05, 0.1) is 12.7 Å². The zero-order chi connectivity index (χ0) is 19.1. The van der Waals surface area contributed by atoms with Gasteiger partial charge in [-0.15, -0.1) is 0 Å². The van der Waals surface area contributed by atoms with Gasteiger partial charge < -0.3 is 20.7 Å². The third-order valence-electron chi connectivity index (χ3n) is 5.38. The molecule has 3 rings (SSSR count). The van der Waals surface area contributed by atoms with Crippen molar-refractivity contribution in [1.29, 1.82) is 0 Å². The molecule has 7 heteroatoms. The van der Waals surface area contributed by atoms with Gasteiger partial charge in [0, 0.05) is 49.8 Å². The molecule has 1 saturated heterocycles. The van der Waals surface area contributed by atoms with Crippen molar-refractivity contribution in [2.75, 3.05) is 31.6 Å². The van der Waals surface area contributed by atoms with Crippen LogP contribution in [0.1, 0.15) is 50.5 Å². The van der Waals surface area contributed by atoms with E-state index in [0.29, 0.717) is 19.1 Å². The first-order valence-electron chi connectivity index (χ1n) is 10.4. The normalized spacial score (nSPS) is 24.9. The Morgan fingerprint density at radius 2 is 2.22 bits per heavy atom. The molecule has 3 N–H and O–H groups in total. The van der Waals surface area contributed by atoms with Crippen molar-refractivity contribution in [3.63, 3.8) is 0 Å². The van der Waals surface area contributed by atoms with Gasteiger partial charge in [-0.25, -0.2) is 9.97 Å². The summed E-state index contributed by atoms with van der Waals surface area (Å²) < 4.78 is 5.78. The van der Waals surface area contributed by atoms with Crippen molar-refractivity contribution in [1.82, 2.24) is 20.6 Å². The molecule has 1 aromatic rings. The Kier molecular flexibility index (Phi) is 7.41. The van der Waals surface area contributed by atoms with E-state index in [1.807, 2.05) is 13.0 Å². The fourth-order valence-corrected chi connectivity index (χ4v) is 3.94. The second kappa shape index (κ2) is 9.99. The van der Waals surface area contributed by atoms with E-state index in [9.17, 15) is 4.79 Å². The van der Waals surface area contributed by atoms with Crippen molar-refractivity contribution in [2.24, 2.45) is 5.92 Å². The summed E-state index contributed by atoms with van der Waals surface area (Å²) >= 11 is 0. The number of amides is 1. The summed E-state index contributed by atoms with van der Waals surface area (Å²) in [6, 6.07) is 2.28. The molecule has 1 aromatic heterocycles. The minimum atomic E-state index is 0.0855. The van der Waals surface area contributed by atoms with E-state index < -0.39 is 0 Å². The zero-order valence-electron chi connectivity index (χ0n) is 16.6. The van der Waals surface area contributed by atoms with Crippen molar-refractivity contribution in [3.05, 3.63) is 17.6 Å². The fraction of sp³-hybridized carbons (Fsp3) is 0.750. The Morgan fingerprint density at radius 3 is 3.07 bits per heavy atom. The van der Waals surface area contributed by atoms with Gasteiger partial charge in [-0.3, -0.25) is 4.79 Å². The van der Waals surface area contributed by atoms with E-state index in [0.717, 1.165) is 69.0 Å². The summed E-state index contributed by atoms with van der Waals surface area (Å²) in [6.07, 6.45) is 6.18. The van der Waals surface area contributed by atoms with E-state index in [1.54, 1.807) is 0 Å². The van der Waals surface area contributed by atoms with Gasteiger partial charge in [-0.05, 0) is 32.6 Å². The number of aryl methyl sites for hydroxylation is 2. The minimum absolute atomic E-state index is 0.0855. The molecule has 0 unspecified atom stereocenters. The van der Waals surface area contributed by atoms with Crippen molar-refractivity contribution >= 4 is 11.7 Å².